The molecule has 0 atom stereocenters. The second-order valence-electron chi connectivity index (χ2n) is 4.73. The maximum atomic E-state index is 6.00. The molecule has 0 fully saturated rings. The number of nitrogens with one attached hydrogen (secondary N) is 1. The molecule has 1 N–H and O–H groups in total. The number of aromatic nitrogens is 2. The number of thiophene rings is 1. The molecular formula is C15H14ClN3OS. The van der Waals surface area contributed by atoms with Gasteiger partial charge in [-0.1, -0.05) is 0 Å². The number of rotatable bonds is 3. The van der Waals surface area contributed by atoms with Crippen molar-refractivity contribution in [1.29, 1.82) is 0 Å². The molecule has 6 heteroatoms. The fraction of sp³-hybridized carbons (Fsp3) is 0.200. The highest BCUT2D eigenvalue weighted by atomic mass is 35.5. The van der Waals surface area contributed by atoms with E-state index in [0.29, 0.717) is 0 Å². The molecule has 4 nitrogen and oxygen atoms in total. The third kappa shape index (κ3) is 2.80. The lowest BCUT2D eigenvalue weighted by Crippen LogP contribution is -1.97. The van der Waals surface area contributed by atoms with E-state index in [1.54, 1.807) is 18.4 Å². The Kier molecular flexibility index (Phi) is 3.69. The zero-order valence-corrected chi connectivity index (χ0v) is 13.5. The summed E-state index contributed by atoms with van der Waals surface area (Å²) in [6.45, 7) is 4.04. The van der Waals surface area contributed by atoms with Gasteiger partial charge in [0, 0.05) is 10.6 Å². The van der Waals surface area contributed by atoms with Crippen LogP contribution in [0.2, 0.25) is 5.28 Å². The molecule has 0 aliphatic carbocycles. The van der Waals surface area contributed by atoms with Crippen LogP contribution in [-0.4, -0.2) is 17.1 Å². The van der Waals surface area contributed by atoms with E-state index in [1.807, 2.05) is 32.0 Å². The number of hydrogen-bond acceptors (Lipinski definition) is 5. The van der Waals surface area contributed by atoms with E-state index in [4.69, 9.17) is 16.3 Å². The minimum atomic E-state index is 0.247. The van der Waals surface area contributed by atoms with E-state index < -0.39 is 0 Å². The molecule has 21 heavy (non-hydrogen) atoms. The third-order valence-corrected chi connectivity index (χ3v) is 4.26. The van der Waals surface area contributed by atoms with Gasteiger partial charge in [-0.05, 0) is 55.3 Å². The Morgan fingerprint density at radius 3 is 2.71 bits per heavy atom. The summed E-state index contributed by atoms with van der Waals surface area (Å²) in [5.74, 6) is 1.58. The molecule has 0 amide bonds. The summed E-state index contributed by atoms with van der Waals surface area (Å²) >= 11 is 7.61. The first-order valence-corrected chi connectivity index (χ1v) is 7.61. The Hall–Kier alpha value is -1.85. The maximum absolute atomic E-state index is 6.00. The Morgan fingerprint density at radius 2 is 2.00 bits per heavy atom. The summed E-state index contributed by atoms with van der Waals surface area (Å²) in [5.41, 5.74) is 1.99. The van der Waals surface area contributed by atoms with Crippen molar-refractivity contribution in [3.8, 4) is 5.75 Å². The normalized spacial score (nSPS) is 10.9. The average Bonchev–Trinajstić information content (AvgIpc) is 2.79. The highest BCUT2D eigenvalue weighted by molar-refractivity contribution is 7.18. The smallest absolute Gasteiger partial charge is 0.225 e. The predicted molar refractivity (Wildman–Crippen MR) is 88.2 cm³/mol. The monoisotopic (exact) mass is 319 g/mol. The topological polar surface area (TPSA) is 47.0 Å². The van der Waals surface area contributed by atoms with Crippen LogP contribution in [0.15, 0.2) is 24.3 Å². The zero-order chi connectivity index (χ0) is 15.0. The molecule has 0 saturated carbocycles. The van der Waals surface area contributed by atoms with Gasteiger partial charge in [-0.3, -0.25) is 0 Å². The molecular weight excluding hydrogens is 306 g/mol. The van der Waals surface area contributed by atoms with Gasteiger partial charge >= 0.3 is 0 Å². The number of halogens is 1. The molecule has 0 bridgehead atoms. The van der Waals surface area contributed by atoms with Crippen molar-refractivity contribution >= 4 is 44.7 Å². The molecule has 0 aliphatic heterocycles. The van der Waals surface area contributed by atoms with Crippen LogP contribution in [0.3, 0.4) is 0 Å². The minimum Gasteiger partial charge on any atom is -0.496 e. The Balaban J connectivity index is 2.03. The highest BCUT2D eigenvalue weighted by Gasteiger charge is 2.10. The Morgan fingerprint density at radius 1 is 1.19 bits per heavy atom. The summed E-state index contributed by atoms with van der Waals surface area (Å²) < 4.78 is 5.27. The van der Waals surface area contributed by atoms with Gasteiger partial charge in [0.25, 0.3) is 0 Å². The van der Waals surface area contributed by atoms with Crippen LogP contribution in [0.4, 0.5) is 11.5 Å². The molecule has 2 aromatic heterocycles. The lowest BCUT2D eigenvalue weighted by molar-refractivity contribution is 0.412. The first-order chi connectivity index (χ1) is 10.1. The number of fused-ring (bicyclic) bond motifs is 1. The van der Waals surface area contributed by atoms with E-state index in [0.717, 1.165) is 33.0 Å². The van der Waals surface area contributed by atoms with Crippen LogP contribution in [0.1, 0.15) is 10.4 Å². The second-order valence-corrected chi connectivity index (χ2v) is 6.30. The number of hydrogen-bond donors (Lipinski definition) is 1. The molecule has 108 valence electrons. The SMILES string of the molecule is COc1ccc(Nc2nc(Cl)nc3sc(C)cc23)cc1C. The van der Waals surface area contributed by atoms with Gasteiger partial charge in [0.05, 0.1) is 12.5 Å². The van der Waals surface area contributed by atoms with Crippen LogP contribution < -0.4 is 10.1 Å². The van der Waals surface area contributed by atoms with E-state index in [1.165, 1.54) is 4.88 Å². The molecule has 0 radical (unpaired) electrons. The fourth-order valence-corrected chi connectivity index (χ4v) is 3.30. The average molecular weight is 320 g/mol. The Labute approximate surface area is 131 Å². The van der Waals surface area contributed by atoms with Crippen molar-refractivity contribution < 1.29 is 4.74 Å². The van der Waals surface area contributed by atoms with Gasteiger partial charge in [-0.15, -0.1) is 11.3 Å². The van der Waals surface area contributed by atoms with Gasteiger partial charge in [0.1, 0.15) is 16.4 Å². The first kappa shape index (κ1) is 14.1. The van der Waals surface area contributed by atoms with Crippen molar-refractivity contribution in [2.75, 3.05) is 12.4 Å². The van der Waals surface area contributed by atoms with E-state index >= 15 is 0 Å². The van der Waals surface area contributed by atoms with Crippen molar-refractivity contribution in [2.45, 2.75) is 13.8 Å². The molecule has 3 rings (SSSR count). The summed E-state index contributed by atoms with van der Waals surface area (Å²) in [5, 5.41) is 4.54. The number of anilines is 2. The van der Waals surface area contributed by atoms with Crippen molar-refractivity contribution in [3.63, 3.8) is 0 Å². The van der Waals surface area contributed by atoms with Crippen LogP contribution in [0, 0.1) is 13.8 Å². The first-order valence-electron chi connectivity index (χ1n) is 6.42. The molecule has 1 aromatic carbocycles. The van der Waals surface area contributed by atoms with Crippen LogP contribution in [-0.2, 0) is 0 Å². The lowest BCUT2D eigenvalue weighted by Gasteiger charge is -2.10. The number of nitrogens with zero attached hydrogens (tertiary/aromatic N) is 2. The Bertz CT molecular complexity index is 816. The fourth-order valence-electron chi connectivity index (χ4n) is 2.20. The zero-order valence-electron chi connectivity index (χ0n) is 11.9. The van der Waals surface area contributed by atoms with Gasteiger partial charge < -0.3 is 10.1 Å². The molecule has 0 aliphatic rings. The minimum absolute atomic E-state index is 0.247. The van der Waals surface area contributed by atoms with Crippen molar-refractivity contribution in [3.05, 3.63) is 40.0 Å². The summed E-state index contributed by atoms with van der Waals surface area (Å²) in [7, 11) is 1.66. The number of aryl methyl sites for hydroxylation is 2. The van der Waals surface area contributed by atoms with E-state index in [-0.39, 0.29) is 5.28 Å². The molecule has 0 unspecified atom stereocenters. The van der Waals surface area contributed by atoms with E-state index in [2.05, 4.69) is 21.4 Å². The third-order valence-electron chi connectivity index (χ3n) is 3.15. The van der Waals surface area contributed by atoms with Crippen LogP contribution in [0.5, 0.6) is 5.75 Å². The standard InChI is InChI=1S/C15H14ClN3OS/c1-8-6-10(4-5-12(8)20-3)17-13-11-7-9(2)21-14(11)19-15(16)18-13/h4-7H,1-3H3,(H,17,18,19). The molecule has 0 saturated heterocycles. The van der Waals surface area contributed by atoms with Crippen LogP contribution >= 0.6 is 22.9 Å². The van der Waals surface area contributed by atoms with Gasteiger partial charge in [0.15, 0.2) is 0 Å². The number of ether oxygens (including phenoxy) is 1. The maximum Gasteiger partial charge on any atom is 0.225 e. The summed E-state index contributed by atoms with van der Waals surface area (Å²) in [4.78, 5) is 10.6. The predicted octanol–water partition coefficient (Wildman–Crippen LogP) is 4.71. The van der Waals surface area contributed by atoms with Crippen LogP contribution in [0.25, 0.3) is 10.2 Å². The van der Waals surface area contributed by atoms with Gasteiger partial charge in [-0.25, -0.2) is 4.98 Å². The lowest BCUT2D eigenvalue weighted by atomic mass is 10.2. The largest absolute Gasteiger partial charge is 0.496 e. The number of benzene rings is 1. The second kappa shape index (κ2) is 5.50. The molecule has 0 spiro atoms. The van der Waals surface area contributed by atoms with E-state index in [9.17, 15) is 0 Å². The van der Waals surface area contributed by atoms with Gasteiger partial charge in [-0.2, -0.15) is 4.98 Å². The summed E-state index contributed by atoms with van der Waals surface area (Å²) in [6, 6.07) is 7.96. The molecule has 3 aromatic rings. The summed E-state index contributed by atoms with van der Waals surface area (Å²) in [6.07, 6.45) is 0. The van der Waals surface area contributed by atoms with Gasteiger partial charge in [0.2, 0.25) is 5.28 Å². The quantitative estimate of drug-likeness (QED) is 0.710. The highest BCUT2D eigenvalue weighted by Crippen LogP contribution is 2.32. The number of methoxy groups -OCH3 is 1. The van der Waals surface area contributed by atoms with Crippen molar-refractivity contribution in [1.82, 2.24) is 9.97 Å². The molecule has 2 heterocycles. The van der Waals surface area contributed by atoms with Crippen molar-refractivity contribution in [2.24, 2.45) is 0 Å².